The molecule has 0 bridgehead atoms. The molecule has 2 aromatic rings. The average molecular weight is 397 g/mol. The number of carboxylic acid groups (broad SMARTS) is 1. The van der Waals surface area contributed by atoms with Gasteiger partial charge < -0.3 is 25.4 Å². The van der Waals surface area contributed by atoms with E-state index >= 15 is 0 Å². The van der Waals surface area contributed by atoms with E-state index in [0.29, 0.717) is 30.8 Å². The van der Waals surface area contributed by atoms with Crippen LogP contribution in [0.5, 0.6) is 0 Å². The van der Waals surface area contributed by atoms with E-state index in [1.807, 2.05) is 18.2 Å². The molecule has 1 aliphatic rings. The van der Waals surface area contributed by atoms with E-state index in [-0.39, 0.29) is 18.9 Å². The highest BCUT2D eigenvalue weighted by molar-refractivity contribution is 6.01. The first-order chi connectivity index (χ1) is 14.0. The minimum absolute atomic E-state index is 0.0351. The summed E-state index contributed by atoms with van der Waals surface area (Å²) in [5.74, 6) is -0.951. The third kappa shape index (κ3) is 5.32. The minimum atomic E-state index is -0.861. The highest BCUT2D eigenvalue weighted by atomic mass is 16.5. The van der Waals surface area contributed by atoms with Gasteiger partial charge in [0.2, 0.25) is 0 Å². The van der Waals surface area contributed by atoms with Crippen molar-refractivity contribution in [2.24, 2.45) is 0 Å². The number of anilines is 3. The average Bonchev–Trinajstić information content (AvgIpc) is 3.10. The van der Waals surface area contributed by atoms with Crippen molar-refractivity contribution in [1.29, 1.82) is 0 Å². The quantitative estimate of drug-likeness (QED) is 0.666. The van der Waals surface area contributed by atoms with Gasteiger partial charge in [-0.25, -0.2) is 4.79 Å². The Morgan fingerprint density at radius 2 is 1.86 bits per heavy atom. The zero-order chi connectivity index (χ0) is 20.8. The molecule has 29 heavy (non-hydrogen) atoms. The maximum atomic E-state index is 12.3. The zero-order valence-corrected chi connectivity index (χ0v) is 16.1. The first-order valence-corrected chi connectivity index (χ1v) is 9.27. The molecule has 1 aliphatic heterocycles. The van der Waals surface area contributed by atoms with Crippen LogP contribution in [0.4, 0.5) is 21.9 Å². The van der Waals surface area contributed by atoms with Crippen molar-refractivity contribution in [1.82, 2.24) is 0 Å². The normalized spacial score (nSPS) is 12.4. The van der Waals surface area contributed by atoms with Crippen molar-refractivity contribution in [3.63, 3.8) is 0 Å². The molecule has 8 heteroatoms. The molecule has 3 rings (SSSR count). The Labute approximate surface area is 168 Å². The molecular weight excluding hydrogens is 374 g/mol. The number of benzene rings is 2. The minimum Gasteiger partial charge on any atom is -0.481 e. The smallest absolute Gasteiger partial charge is 0.323 e. The molecule has 0 saturated heterocycles. The van der Waals surface area contributed by atoms with Crippen LogP contribution in [0.25, 0.3) is 0 Å². The lowest BCUT2D eigenvalue weighted by molar-refractivity contribution is -0.137. The number of fused-ring (bicyclic) bond motifs is 1. The maximum absolute atomic E-state index is 12.3. The molecule has 0 spiro atoms. The first kappa shape index (κ1) is 20.3. The van der Waals surface area contributed by atoms with Crippen LogP contribution in [0.3, 0.4) is 0 Å². The van der Waals surface area contributed by atoms with Crippen molar-refractivity contribution in [3.8, 4) is 0 Å². The molecule has 0 aromatic heterocycles. The van der Waals surface area contributed by atoms with E-state index in [0.717, 1.165) is 16.8 Å². The van der Waals surface area contributed by atoms with Crippen LogP contribution in [0.15, 0.2) is 42.5 Å². The van der Waals surface area contributed by atoms with E-state index in [9.17, 15) is 14.4 Å². The lowest BCUT2D eigenvalue weighted by Crippen LogP contribution is -2.31. The Balaban J connectivity index is 1.61. The number of nitrogens with one attached hydrogen (secondary N) is 2. The van der Waals surface area contributed by atoms with Gasteiger partial charge in [-0.3, -0.25) is 9.59 Å². The summed E-state index contributed by atoms with van der Waals surface area (Å²) in [4.78, 5) is 36.8. The van der Waals surface area contributed by atoms with Gasteiger partial charge in [0.25, 0.3) is 5.91 Å². The zero-order valence-electron chi connectivity index (χ0n) is 16.1. The Bertz CT molecular complexity index is 928. The number of methoxy groups -OCH3 is 1. The van der Waals surface area contributed by atoms with Gasteiger partial charge in [-0.1, -0.05) is 12.1 Å². The monoisotopic (exact) mass is 397 g/mol. The van der Waals surface area contributed by atoms with Crippen LogP contribution in [0.1, 0.15) is 17.5 Å². The fourth-order valence-corrected chi connectivity index (χ4v) is 3.29. The summed E-state index contributed by atoms with van der Waals surface area (Å²) < 4.78 is 4.91. The molecule has 0 fully saturated rings. The van der Waals surface area contributed by atoms with Gasteiger partial charge in [-0.15, -0.1) is 0 Å². The predicted molar refractivity (Wildman–Crippen MR) is 109 cm³/mol. The van der Waals surface area contributed by atoms with Gasteiger partial charge in [0.15, 0.2) is 0 Å². The van der Waals surface area contributed by atoms with Gasteiger partial charge >= 0.3 is 12.0 Å². The van der Waals surface area contributed by atoms with E-state index < -0.39 is 12.0 Å². The lowest BCUT2D eigenvalue weighted by atomic mass is 10.1. The maximum Gasteiger partial charge on any atom is 0.323 e. The van der Waals surface area contributed by atoms with Crippen molar-refractivity contribution in [2.45, 2.75) is 19.3 Å². The van der Waals surface area contributed by atoms with Gasteiger partial charge in [0.05, 0.1) is 0 Å². The van der Waals surface area contributed by atoms with Gasteiger partial charge in [-0.2, -0.15) is 0 Å². The predicted octanol–water partition coefficient (Wildman–Crippen LogP) is 2.88. The van der Waals surface area contributed by atoms with Crippen LogP contribution in [-0.2, 0) is 27.2 Å². The summed E-state index contributed by atoms with van der Waals surface area (Å²) in [5.41, 5.74) is 3.88. The second-order valence-corrected chi connectivity index (χ2v) is 6.75. The van der Waals surface area contributed by atoms with Crippen LogP contribution in [-0.4, -0.2) is 43.3 Å². The number of hydrogen-bond acceptors (Lipinski definition) is 4. The topological polar surface area (TPSA) is 108 Å². The summed E-state index contributed by atoms with van der Waals surface area (Å²) in [6.45, 7) is 0.629. The van der Waals surface area contributed by atoms with E-state index in [4.69, 9.17) is 9.84 Å². The number of aliphatic carboxylic acids is 1. The van der Waals surface area contributed by atoms with Gasteiger partial charge in [0, 0.05) is 37.1 Å². The highest BCUT2D eigenvalue weighted by Gasteiger charge is 2.24. The highest BCUT2D eigenvalue weighted by Crippen LogP contribution is 2.30. The molecule has 152 valence electrons. The Morgan fingerprint density at radius 1 is 1.10 bits per heavy atom. The second kappa shape index (κ2) is 9.20. The van der Waals surface area contributed by atoms with Crippen LogP contribution in [0.2, 0.25) is 0 Å². The number of hydrogen-bond donors (Lipinski definition) is 3. The largest absolute Gasteiger partial charge is 0.481 e. The Kier molecular flexibility index (Phi) is 6.46. The third-order valence-electron chi connectivity index (χ3n) is 4.61. The summed E-state index contributed by atoms with van der Waals surface area (Å²) >= 11 is 0. The number of urea groups is 1. The second-order valence-electron chi connectivity index (χ2n) is 6.75. The van der Waals surface area contributed by atoms with E-state index in [1.54, 1.807) is 29.2 Å². The summed E-state index contributed by atoms with van der Waals surface area (Å²) in [6, 6.07) is 12.1. The standard InChI is InChI=1S/C21H23N3O5/c1-29-13-19(25)24-10-9-15-12-17(6-7-18(15)24)23-21(28)22-16-4-2-3-14(11-16)5-8-20(26)27/h2-4,6-7,11-12H,5,8-10,13H2,1H3,(H,26,27)(H2,22,23,28). The van der Waals surface area contributed by atoms with E-state index in [2.05, 4.69) is 10.6 Å². The third-order valence-corrected chi connectivity index (χ3v) is 4.61. The number of carbonyl (C=O) groups excluding carboxylic acids is 2. The molecule has 0 atom stereocenters. The van der Waals surface area contributed by atoms with Crippen molar-refractivity contribution in [3.05, 3.63) is 53.6 Å². The van der Waals surface area contributed by atoms with Crippen LogP contribution >= 0.6 is 0 Å². The number of ether oxygens (including phenoxy) is 1. The van der Waals surface area contributed by atoms with Crippen LogP contribution < -0.4 is 15.5 Å². The number of carbonyl (C=O) groups is 3. The number of nitrogens with zero attached hydrogens (tertiary/aromatic N) is 1. The number of rotatable bonds is 7. The molecule has 3 amide bonds. The van der Waals surface area contributed by atoms with Crippen molar-refractivity contribution >= 4 is 35.0 Å². The molecule has 1 heterocycles. The molecule has 0 saturated carbocycles. The summed E-state index contributed by atoms with van der Waals surface area (Å²) in [6.07, 6.45) is 1.15. The van der Waals surface area contributed by atoms with Crippen molar-refractivity contribution in [2.75, 3.05) is 35.8 Å². The first-order valence-electron chi connectivity index (χ1n) is 9.27. The fraction of sp³-hybridized carbons (Fsp3) is 0.286. The summed E-state index contributed by atoms with van der Waals surface area (Å²) in [5, 5.41) is 14.3. The fourth-order valence-electron chi connectivity index (χ4n) is 3.29. The molecular formula is C21H23N3O5. The van der Waals surface area contributed by atoms with Crippen LogP contribution in [0, 0.1) is 0 Å². The number of aryl methyl sites for hydroxylation is 1. The molecule has 0 aliphatic carbocycles. The molecule has 0 unspecified atom stereocenters. The Hall–Kier alpha value is -3.39. The van der Waals surface area contributed by atoms with Gasteiger partial charge in [0.1, 0.15) is 6.61 Å². The molecule has 0 radical (unpaired) electrons. The van der Waals surface area contributed by atoms with Crippen molar-refractivity contribution < 1.29 is 24.2 Å². The molecule has 8 nitrogen and oxygen atoms in total. The molecule has 2 aromatic carbocycles. The Morgan fingerprint density at radius 3 is 2.59 bits per heavy atom. The number of amides is 3. The molecule has 3 N–H and O–H groups in total. The lowest BCUT2D eigenvalue weighted by Gasteiger charge is -2.17. The van der Waals surface area contributed by atoms with Gasteiger partial charge in [-0.05, 0) is 54.3 Å². The number of carboxylic acids is 1. The summed E-state index contributed by atoms with van der Waals surface area (Å²) in [7, 11) is 1.49. The SMILES string of the molecule is COCC(=O)N1CCc2cc(NC(=O)Nc3cccc(CCC(=O)O)c3)ccc21. The van der Waals surface area contributed by atoms with E-state index in [1.165, 1.54) is 7.11 Å².